The van der Waals surface area contributed by atoms with Crippen molar-refractivity contribution >= 4 is 11.4 Å². The van der Waals surface area contributed by atoms with Gasteiger partial charge in [-0.05, 0) is 37.3 Å². The molecule has 3 nitrogen and oxygen atoms in total. The van der Waals surface area contributed by atoms with Crippen molar-refractivity contribution in [3.8, 4) is 5.75 Å². The van der Waals surface area contributed by atoms with Crippen LogP contribution in [0.2, 0.25) is 0 Å². The Morgan fingerprint density at radius 3 is 3.09 bits per heavy atom. The zero-order chi connectivity index (χ0) is 15.7. The molecule has 1 saturated heterocycles. The van der Waals surface area contributed by atoms with Crippen LogP contribution in [-0.4, -0.2) is 36.9 Å². The summed E-state index contributed by atoms with van der Waals surface area (Å²) in [5.74, 6) is 0.920. The van der Waals surface area contributed by atoms with Crippen LogP contribution in [0.15, 0.2) is 35.3 Å². The Hall–Kier alpha value is -1.61. The maximum atomic E-state index is 5.43. The van der Waals surface area contributed by atoms with Gasteiger partial charge in [0.05, 0.1) is 18.2 Å². The van der Waals surface area contributed by atoms with Crippen LogP contribution in [0.25, 0.3) is 0 Å². The summed E-state index contributed by atoms with van der Waals surface area (Å²) in [5, 5.41) is 0. The predicted octanol–water partition coefficient (Wildman–Crippen LogP) is 3.85. The van der Waals surface area contributed by atoms with Crippen molar-refractivity contribution in [1.82, 2.24) is 4.90 Å². The fraction of sp³-hybridized carbons (Fsp3) is 0.550. The normalized spacial score (nSPS) is 37.1. The van der Waals surface area contributed by atoms with E-state index in [1.165, 1.54) is 37.1 Å². The van der Waals surface area contributed by atoms with E-state index in [0.717, 1.165) is 24.4 Å². The molecule has 0 radical (unpaired) electrons. The smallest absolute Gasteiger partial charge is 0.121 e. The molecule has 3 heterocycles. The number of rotatable bonds is 2. The van der Waals surface area contributed by atoms with E-state index in [1.807, 2.05) is 0 Å². The molecule has 1 aliphatic carbocycles. The fourth-order valence-electron chi connectivity index (χ4n) is 5.89. The maximum absolute atomic E-state index is 5.43. The zero-order valence-electron chi connectivity index (χ0n) is 14.0. The molecule has 120 valence electrons. The minimum atomic E-state index is 0.153. The Bertz CT molecular complexity index is 737. The molecule has 1 saturated carbocycles. The van der Waals surface area contributed by atoms with Crippen LogP contribution in [0.4, 0.5) is 5.69 Å². The Morgan fingerprint density at radius 2 is 2.26 bits per heavy atom. The summed E-state index contributed by atoms with van der Waals surface area (Å²) in [7, 11) is 1.74. The van der Waals surface area contributed by atoms with Gasteiger partial charge in [-0.1, -0.05) is 25.1 Å². The highest BCUT2D eigenvalue weighted by Crippen LogP contribution is 2.61. The highest BCUT2D eigenvalue weighted by atomic mass is 16.5. The van der Waals surface area contributed by atoms with Crippen LogP contribution in [-0.2, 0) is 5.41 Å². The lowest BCUT2D eigenvalue weighted by atomic mass is 9.54. The molecule has 3 heteroatoms. The van der Waals surface area contributed by atoms with Crippen LogP contribution < -0.4 is 4.74 Å². The highest BCUT2D eigenvalue weighted by Gasteiger charge is 2.63. The molecule has 3 aliphatic heterocycles. The first-order chi connectivity index (χ1) is 11.2. The van der Waals surface area contributed by atoms with Crippen LogP contribution in [0, 0.1) is 5.41 Å². The standard InChI is InChI=1S/C20H24N2O/c1-3-19-8-4-11-22-12-10-20(18(19)22)15-6-5-14(23-2)13-16(15)21-17(20)7-9-19/h4-6,8,13,18H,3,7,9-12H2,1-2H3/t18-,19-,20-/m1/s1. The molecule has 1 spiro atoms. The van der Waals surface area contributed by atoms with Crippen molar-refractivity contribution in [1.29, 1.82) is 0 Å². The second-order valence-corrected chi connectivity index (χ2v) is 7.55. The van der Waals surface area contributed by atoms with E-state index in [0.29, 0.717) is 11.5 Å². The first kappa shape index (κ1) is 13.8. The molecule has 23 heavy (non-hydrogen) atoms. The molecule has 1 aromatic carbocycles. The van der Waals surface area contributed by atoms with Crippen LogP contribution in [0.1, 0.15) is 38.2 Å². The first-order valence-electron chi connectivity index (χ1n) is 8.92. The molecule has 2 fully saturated rings. The van der Waals surface area contributed by atoms with Gasteiger partial charge in [-0.15, -0.1) is 0 Å². The van der Waals surface area contributed by atoms with Crippen LogP contribution in [0.5, 0.6) is 5.75 Å². The number of ether oxygens (including phenoxy) is 1. The van der Waals surface area contributed by atoms with E-state index in [9.17, 15) is 0 Å². The van der Waals surface area contributed by atoms with Crippen LogP contribution >= 0.6 is 0 Å². The van der Waals surface area contributed by atoms with Gasteiger partial charge < -0.3 is 4.74 Å². The topological polar surface area (TPSA) is 24.8 Å². The van der Waals surface area contributed by atoms with Gasteiger partial charge in [0.2, 0.25) is 0 Å². The molecular formula is C20H24N2O. The number of nitrogens with zero attached hydrogens (tertiary/aromatic N) is 2. The van der Waals surface area contributed by atoms with E-state index >= 15 is 0 Å². The number of fused-ring (bicyclic) bond motifs is 1. The lowest BCUT2D eigenvalue weighted by Gasteiger charge is -2.54. The molecule has 3 atom stereocenters. The quantitative estimate of drug-likeness (QED) is 0.775. The zero-order valence-corrected chi connectivity index (χ0v) is 14.0. The molecule has 0 bridgehead atoms. The Morgan fingerprint density at radius 1 is 1.35 bits per heavy atom. The molecule has 5 rings (SSSR count). The lowest BCUT2D eigenvalue weighted by molar-refractivity contribution is 0.0850. The van der Waals surface area contributed by atoms with Gasteiger partial charge in [-0.25, -0.2) is 0 Å². The molecule has 0 unspecified atom stereocenters. The Kier molecular flexibility index (Phi) is 2.68. The SMILES string of the molecule is CC[C@@]12C=CCN3CC[C@@]4(C(=Nc5cc(OC)ccc54)CC1)[C@H]32. The maximum Gasteiger partial charge on any atom is 0.121 e. The third-order valence-corrected chi connectivity index (χ3v) is 6.90. The lowest BCUT2D eigenvalue weighted by Crippen LogP contribution is -2.60. The number of hydrogen-bond acceptors (Lipinski definition) is 3. The summed E-state index contributed by atoms with van der Waals surface area (Å²) in [5.41, 5.74) is 4.53. The van der Waals surface area contributed by atoms with Crippen molar-refractivity contribution in [3.63, 3.8) is 0 Å². The average Bonchev–Trinajstić information content (AvgIpc) is 3.15. The molecule has 0 amide bonds. The minimum Gasteiger partial charge on any atom is -0.497 e. The summed E-state index contributed by atoms with van der Waals surface area (Å²) in [6, 6.07) is 7.13. The third-order valence-electron chi connectivity index (χ3n) is 6.90. The van der Waals surface area contributed by atoms with Gasteiger partial charge in [0.25, 0.3) is 0 Å². The monoisotopic (exact) mass is 308 g/mol. The average molecular weight is 308 g/mol. The molecule has 4 aliphatic rings. The van der Waals surface area contributed by atoms with Gasteiger partial charge in [0, 0.05) is 36.3 Å². The van der Waals surface area contributed by atoms with Crippen molar-refractivity contribution in [2.75, 3.05) is 20.2 Å². The van der Waals surface area contributed by atoms with E-state index in [4.69, 9.17) is 9.73 Å². The largest absolute Gasteiger partial charge is 0.497 e. The molecule has 0 aromatic heterocycles. The first-order valence-corrected chi connectivity index (χ1v) is 8.92. The van der Waals surface area contributed by atoms with Crippen molar-refractivity contribution in [3.05, 3.63) is 35.9 Å². The Labute approximate surface area is 138 Å². The molecule has 0 N–H and O–H groups in total. The predicted molar refractivity (Wildman–Crippen MR) is 92.8 cm³/mol. The number of hydrogen-bond donors (Lipinski definition) is 0. The third kappa shape index (κ3) is 1.52. The number of benzene rings is 1. The van der Waals surface area contributed by atoms with Crippen LogP contribution in [0.3, 0.4) is 0 Å². The highest BCUT2D eigenvalue weighted by molar-refractivity contribution is 6.04. The van der Waals surface area contributed by atoms with Gasteiger partial charge in [-0.2, -0.15) is 0 Å². The molecular weight excluding hydrogens is 284 g/mol. The fourth-order valence-corrected chi connectivity index (χ4v) is 5.89. The summed E-state index contributed by atoms with van der Waals surface area (Å²) in [6.07, 6.45) is 9.78. The number of aliphatic imine (C=N–C) groups is 1. The van der Waals surface area contributed by atoms with E-state index in [-0.39, 0.29) is 5.41 Å². The van der Waals surface area contributed by atoms with Gasteiger partial charge >= 0.3 is 0 Å². The summed E-state index contributed by atoms with van der Waals surface area (Å²) in [6.45, 7) is 4.67. The minimum absolute atomic E-state index is 0.153. The van der Waals surface area contributed by atoms with Crippen molar-refractivity contribution in [2.45, 2.75) is 44.1 Å². The number of methoxy groups -OCH3 is 1. The van der Waals surface area contributed by atoms with E-state index < -0.39 is 0 Å². The second-order valence-electron chi connectivity index (χ2n) is 7.55. The molecule has 1 aromatic rings. The van der Waals surface area contributed by atoms with Gasteiger partial charge in [0.1, 0.15) is 5.75 Å². The van der Waals surface area contributed by atoms with Gasteiger partial charge in [-0.3, -0.25) is 9.89 Å². The summed E-state index contributed by atoms with van der Waals surface area (Å²) >= 11 is 0. The van der Waals surface area contributed by atoms with Crippen molar-refractivity contribution < 1.29 is 4.74 Å². The van der Waals surface area contributed by atoms with Gasteiger partial charge in [0.15, 0.2) is 0 Å². The second kappa shape index (κ2) is 4.47. The summed E-state index contributed by atoms with van der Waals surface area (Å²) < 4.78 is 5.43. The summed E-state index contributed by atoms with van der Waals surface area (Å²) in [4.78, 5) is 7.81. The van der Waals surface area contributed by atoms with Crippen molar-refractivity contribution in [2.24, 2.45) is 10.4 Å². The van der Waals surface area contributed by atoms with E-state index in [2.05, 4.69) is 42.2 Å². The van der Waals surface area contributed by atoms with E-state index in [1.54, 1.807) is 7.11 Å². The Balaban J connectivity index is 1.73.